The second kappa shape index (κ2) is 6.14. The molecule has 2 N–H and O–H groups in total. The molecule has 0 unspecified atom stereocenters. The van der Waals surface area contributed by atoms with Crippen molar-refractivity contribution in [3.63, 3.8) is 0 Å². The Morgan fingerprint density at radius 1 is 1.30 bits per heavy atom. The maximum Gasteiger partial charge on any atom is 0.296 e. The lowest BCUT2D eigenvalue weighted by Crippen LogP contribution is -1.94. The van der Waals surface area contributed by atoms with Crippen molar-refractivity contribution in [1.82, 2.24) is 4.98 Å². The summed E-state index contributed by atoms with van der Waals surface area (Å²) in [5.74, 6) is -0.715. The van der Waals surface area contributed by atoms with Crippen LogP contribution in [0.1, 0.15) is 15.9 Å². The molecule has 2 aromatic carbocycles. The molecular weight excluding hydrogens is 382 g/mol. The lowest BCUT2D eigenvalue weighted by atomic mass is 10.1. The largest absolute Gasteiger partial charge is 0.493 e. The van der Waals surface area contributed by atoms with E-state index in [-0.39, 0.29) is 17.1 Å². The fraction of sp³-hybridized carbons (Fsp3) is 0.0625. The molecule has 1 amide bonds. The van der Waals surface area contributed by atoms with Crippen LogP contribution in [-0.2, 0) is 0 Å². The Hall–Kier alpha value is -2.18. The number of nitrogens with one attached hydrogen (secondary N) is 1. The molecule has 0 atom stereocenters. The second-order valence-corrected chi connectivity index (χ2v) is 6.28. The molecule has 116 valence electrons. The molecule has 0 bridgehead atoms. The first-order valence-corrected chi connectivity index (χ1v) is 7.86. The maximum absolute atomic E-state index is 12.1. The highest BCUT2D eigenvalue weighted by Gasteiger charge is 2.14. The van der Waals surface area contributed by atoms with Gasteiger partial charge in [0.25, 0.3) is 5.91 Å². The summed E-state index contributed by atoms with van der Waals surface area (Å²) < 4.78 is 0.843. The highest BCUT2D eigenvalue weighted by molar-refractivity contribution is 9.10. The molecule has 5 nitrogen and oxygen atoms in total. The third-order valence-corrected chi connectivity index (χ3v) is 4.16. The Kier molecular flexibility index (Phi) is 4.19. The molecule has 0 fully saturated rings. The van der Waals surface area contributed by atoms with E-state index in [1.807, 2.05) is 13.0 Å². The van der Waals surface area contributed by atoms with Crippen molar-refractivity contribution in [2.24, 2.45) is 10.2 Å². The van der Waals surface area contributed by atoms with Crippen LogP contribution in [0.5, 0.6) is 5.88 Å². The van der Waals surface area contributed by atoms with Crippen LogP contribution < -0.4 is 0 Å². The van der Waals surface area contributed by atoms with Crippen LogP contribution in [-0.4, -0.2) is 16.0 Å². The van der Waals surface area contributed by atoms with Gasteiger partial charge in [0.1, 0.15) is 0 Å². The van der Waals surface area contributed by atoms with Crippen LogP contribution >= 0.6 is 27.5 Å². The summed E-state index contributed by atoms with van der Waals surface area (Å²) >= 11 is 9.36. The van der Waals surface area contributed by atoms with Crippen molar-refractivity contribution in [1.29, 1.82) is 0 Å². The molecule has 1 aromatic heterocycles. The van der Waals surface area contributed by atoms with Crippen molar-refractivity contribution in [2.75, 3.05) is 0 Å². The number of aromatic hydroxyl groups is 1. The lowest BCUT2D eigenvalue weighted by Gasteiger charge is -1.98. The predicted octanol–water partition coefficient (Wildman–Crippen LogP) is 5.52. The van der Waals surface area contributed by atoms with Gasteiger partial charge in [0.15, 0.2) is 5.69 Å². The third kappa shape index (κ3) is 3.00. The van der Waals surface area contributed by atoms with Crippen molar-refractivity contribution in [3.05, 3.63) is 57.0 Å². The number of rotatable bonds is 2. The quantitative estimate of drug-likeness (QED) is 0.563. The molecule has 0 aliphatic rings. The van der Waals surface area contributed by atoms with Crippen molar-refractivity contribution >= 4 is 50.0 Å². The third-order valence-electron chi connectivity index (χ3n) is 3.37. The van der Waals surface area contributed by atoms with Gasteiger partial charge < -0.3 is 10.1 Å². The number of aryl methyl sites for hydroxylation is 1. The number of aromatic amines is 1. The van der Waals surface area contributed by atoms with E-state index in [2.05, 4.69) is 31.1 Å². The van der Waals surface area contributed by atoms with Gasteiger partial charge in [-0.15, -0.1) is 10.2 Å². The van der Waals surface area contributed by atoms with E-state index in [4.69, 9.17) is 11.6 Å². The number of azo groups is 1. The number of halogens is 2. The summed E-state index contributed by atoms with van der Waals surface area (Å²) in [4.78, 5) is 14.9. The maximum atomic E-state index is 12.1. The lowest BCUT2D eigenvalue weighted by molar-refractivity contribution is 0.0995. The second-order valence-electron chi connectivity index (χ2n) is 4.95. The number of hydrogen-bond acceptors (Lipinski definition) is 3. The number of fused-ring (bicyclic) bond motifs is 1. The minimum absolute atomic E-state index is 0.142. The molecule has 0 radical (unpaired) electrons. The smallest absolute Gasteiger partial charge is 0.296 e. The van der Waals surface area contributed by atoms with E-state index in [0.29, 0.717) is 10.4 Å². The number of amides is 1. The molecule has 0 saturated heterocycles. The van der Waals surface area contributed by atoms with E-state index in [1.54, 1.807) is 30.3 Å². The van der Waals surface area contributed by atoms with Gasteiger partial charge in [0.2, 0.25) is 5.88 Å². The summed E-state index contributed by atoms with van der Waals surface area (Å²) in [7, 11) is 0. The van der Waals surface area contributed by atoms with Gasteiger partial charge in [-0.3, -0.25) is 4.79 Å². The van der Waals surface area contributed by atoms with E-state index in [9.17, 15) is 9.90 Å². The molecule has 1 heterocycles. The average molecular weight is 393 g/mol. The van der Waals surface area contributed by atoms with E-state index < -0.39 is 5.91 Å². The first-order valence-electron chi connectivity index (χ1n) is 6.68. The van der Waals surface area contributed by atoms with Crippen LogP contribution in [0, 0.1) is 6.92 Å². The van der Waals surface area contributed by atoms with Gasteiger partial charge in [-0.25, -0.2) is 0 Å². The molecule has 0 saturated carbocycles. The number of hydrogen-bond donors (Lipinski definition) is 2. The molecular formula is C16H11BrClN3O2. The molecule has 3 aromatic rings. The number of H-pyrrole nitrogens is 1. The Morgan fingerprint density at radius 3 is 2.78 bits per heavy atom. The van der Waals surface area contributed by atoms with E-state index in [1.165, 1.54) is 0 Å². The first kappa shape index (κ1) is 15.7. The van der Waals surface area contributed by atoms with Crippen molar-refractivity contribution in [3.8, 4) is 5.88 Å². The fourth-order valence-electron chi connectivity index (χ4n) is 2.29. The van der Waals surface area contributed by atoms with Gasteiger partial charge in [0.05, 0.1) is 16.1 Å². The summed E-state index contributed by atoms with van der Waals surface area (Å²) in [6.45, 7) is 1.90. The molecule has 0 aliphatic heterocycles. The zero-order valence-corrected chi connectivity index (χ0v) is 14.3. The summed E-state index contributed by atoms with van der Waals surface area (Å²) in [5, 5.41) is 18.6. The first-order chi connectivity index (χ1) is 11.0. The van der Waals surface area contributed by atoms with Crippen LogP contribution in [0.3, 0.4) is 0 Å². The van der Waals surface area contributed by atoms with Gasteiger partial charge in [-0.05, 0) is 36.8 Å². The minimum atomic E-state index is -0.573. The average Bonchev–Trinajstić information content (AvgIpc) is 2.81. The van der Waals surface area contributed by atoms with Crippen LogP contribution in [0.15, 0.2) is 51.1 Å². The van der Waals surface area contributed by atoms with Crippen LogP contribution in [0.4, 0.5) is 5.69 Å². The van der Waals surface area contributed by atoms with Gasteiger partial charge in [0, 0.05) is 9.86 Å². The van der Waals surface area contributed by atoms with Gasteiger partial charge in [-0.2, -0.15) is 0 Å². The highest BCUT2D eigenvalue weighted by Crippen LogP contribution is 2.38. The summed E-state index contributed by atoms with van der Waals surface area (Å²) in [6.07, 6.45) is 0. The van der Waals surface area contributed by atoms with E-state index >= 15 is 0 Å². The normalized spacial score (nSPS) is 11.4. The van der Waals surface area contributed by atoms with Gasteiger partial charge in [-0.1, -0.05) is 39.7 Å². The predicted molar refractivity (Wildman–Crippen MR) is 92.7 cm³/mol. The number of aromatic nitrogens is 1. The fourth-order valence-corrected chi connectivity index (χ4v) is 3.08. The zero-order chi connectivity index (χ0) is 16.6. The minimum Gasteiger partial charge on any atom is -0.493 e. The topological polar surface area (TPSA) is 77.8 Å². The van der Waals surface area contributed by atoms with Crippen molar-refractivity contribution in [2.45, 2.75) is 6.92 Å². The summed E-state index contributed by atoms with van der Waals surface area (Å²) in [6, 6.07) is 10.3. The molecule has 7 heteroatoms. The van der Waals surface area contributed by atoms with Gasteiger partial charge >= 0.3 is 0 Å². The molecule has 23 heavy (non-hydrogen) atoms. The Morgan fingerprint density at radius 2 is 2.04 bits per heavy atom. The monoisotopic (exact) mass is 391 g/mol. The van der Waals surface area contributed by atoms with E-state index in [0.717, 1.165) is 15.6 Å². The Labute approximate surface area is 145 Å². The zero-order valence-electron chi connectivity index (χ0n) is 12.0. The SMILES string of the molecule is Cc1cc(Br)cc2c(N=NC(=O)c3ccccc3Cl)c(O)[nH]c12. The molecule has 3 rings (SSSR count). The standard InChI is InChI=1S/C16H11BrClN3O2/c1-8-6-9(17)7-11-13(8)19-16(23)14(11)20-21-15(22)10-4-2-3-5-12(10)18/h2-7,19,23H,1H3. The van der Waals surface area contributed by atoms with Crippen LogP contribution in [0.25, 0.3) is 10.9 Å². The Bertz CT molecular complexity index is 950. The number of benzene rings is 2. The van der Waals surface area contributed by atoms with Crippen LogP contribution in [0.2, 0.25) is 5.02 Å². The highest BCUT2D eigenvalue weighted by atomic mass is 79.9. The number of carbonyl (C=O) groups excluding carboxylic acids is 1. The Balaban J connectivity index is 2.03. The number of nitrogens with zero attached hydrogens (tertiary/aromatic N) is 2. The summed E-state index contributed by atoms with van der Waals surface area (Å²) in [5.41, 5.74) is 2.15. The molecule has 0 spiro atoms. The number of carbonyl (C=O) groups is 1. The van der Waals surface area contributed by atoms with Crippen molar-refractivity contribution < 1.29 is 9.90 Å². The molecule has 0 aliphatic carbocycles.